The van der Waals surface area contributed by atoms with Gasteiger partial charge in [-0.2, -0.15) is 0 Å². The van der Waals surface area contributed by atoms with Gasteiger partial charge in [0, 0.05) is 17.9 Å². The number of para-hydroxylation sites is 1. The van der Waals surface area contributed by atoms with E-state index in [-0.39, 0.29) is 17.6 Å². The van der Waals surface area contributed by atoms with Crippen LogP contribution in [-0.2, 0) is 4.74 Å². The molecule has 0 spiro atoms. The molecule has 19 heavy (non-hydrogen) atoms. The minimum Gasteiger partial charge on any atom is -0.455 e. The van der Waals surface area contributed by atoms with E-state index < -0.39 is 11.9 Å². The first-order chi connectivity index (χ1) is 9.20. The van der Waals surface area contributed by atoms with Gasteiger partial charge in [-0.05, 0) is 25.0 Å². The summed E-state index contributed by atoms with van der Waals surface area (Å²) in [6, 6.07) is 6.49. The lowest BCUT2D eigenvalue weighted by atomic mass is 9.92. The van der Waals surface area contributed by atoms with Gasteiger partial charge in [0.1, 0.15) is 11.9 Å². The zero-order valence-corrected chi connectivity index (χ0v) is 10.8. The Kier molecular flexibility index (Phi) is 3.29. The van der Waals surface area contributed by atoms with Gasteiger partial charge >= 0.3 is 0 Å². The van der Waals surface area contributed by atoms with Crippen LogP contribution in [0, 0.1) is 11.7 Å². The number of furan rings is 1. The van der Waals surface area contributed by atoms with E-state index in [0.717, 1.165) is 12.8 Å². The van der Waals surface area contributed by atoms with E-state index in [1.54, 1.807) is 18.2 Å². The van der Waals surface area contributed by atoms with Crippen molar-refractivity contribution in [2.45, 2.75) is 32.0 Å². The van der Waals surface area contributed by atoms with Crippen molar-refractivity contribution in [3.05, 3.63) is 35.8 Å². The fourth-order valence-electron chi connectivity index (χ4n) is 2.85. The molecule has 3 atom stereocenters. The van der Waals surface area contributed by atoms with Gasteiger partial charge in [-0.25, -0.2) is 4.39 Å². The number of rotatable bonds is 3. The lowest BCUT2D eigenvalue weighted by Crippen LogP contribution is -2.21. The van der Waals surface area contributed by atoms with Crippen LogP contribution in [0.4, 0.5) is 4.39 Å². The van der Waals surface area contributed by atoms with Crippen LogP contribution in [0.1, 0.15) is 31.6 Å². The summed E-state index contributed by atoms with van der Waals surface area (Å²) >= 11 is 0. The van der Waals surface area contributed by atoms with Crippen LogP contribution in [0.3, 0.4) is 0 Å². The minimum atomic E-state index is -0.737. The van der Waals surface area contributed by atoms with Crippen molar-refractivity contribution in [3.63, 3.8) is 0 Å². The number of hydrogen-bond donors (Lipinski definition) is 1. The van der Waals surface area contributed by atoms with Crippen molar-refractivity contribution in [1.29, 1.82) is 0 Å². The van der Waals surface area contributed by atoms with Crippen LogP contribution in [0.15, 0.2) is 28.7 Å². The number of halogens is 1. The largest absolute Gasteiger partial charge is 0.455 e. The first kappa shape index (κ1) is 12.6. The second-order valence-electron chi connectivity index (χ2n) is 5.02. The zero-order valence-electron chi connectivity index (χ0n) is 10.8. The van der Waals surface area contributed by atoms with Crippen molar-refractivity contribution in [2.75, 3.05) is 6.61 Å². The zero-order chi connectivity index (χ0) is 13.4. The van der Waals surface area contributed by atoms with E-state index in [0.29, 0.717) is 17.8 Å². The SMILES string of the molecule is CCC1OCCC1C(O)c1cc2cccc(F)c2o1. The molecule has 1 aliphatic rings. The summed E-state index contributed by atoms with van der Waals surface area (Å²) in [5, 5.41) is 11.1. The number of fused-ring (bicyclic) bond motifs is 1. The molecule has 1 aliphatic heterocycles. The number of hydrogen-bond acceptors (Lipinski definition) is 3. The van der Waals surface area contributed by atoms with E-state index in [4.69, 9.17) is 9.15 Å². The maximum atomic E-state index is 13.6. The molecule has 3 nitrogen and oxygen atoms in total. The summed E-state index contributed by atoms with van der Waals surface area (Å²) in [4.78, 5) is 0. The highest BCUT2D eigenvalue weighted by Gasteiger charge is 2.35. The highest BCUT2D eigenvalue weighted by molar-refractivity contribution is 5.78. The highest BCUT2D eigenvalue weighted by atomic mass is 19.1. The van der Waals surface area contributed by atoms with Crippen LogP contribution in [0.25, 0.3) is 11.0 Å². The smallest absolute Gasteiger partial charge is 0.170 e. The lowest BCUT2D eigenvalue weighted by molar-refractivity contribution is 0.0217. The molecule has 1 N–H and O–H groups in total. The Labute approximate surface area is 111 Å². The molecule has 0 radical (unpaired) electrons. The van der Waals surface area contributed by atoms with Crippen molar-refractivity contribution in [3.8, 4) is 0 Å². The quantitative estimate of drug-likeness (QED) is 0.923. The van der Waals surface area contributed by atoms with E-state index >= 15 is 0 Å². The predicted molar refractivity (Wildman–Crippen MR) is 69.3 cm³/mol. The molecule has 3 unspecified atom stereocenters. The van der Waals surface area contributed by atoms with Gasteiger partial charge in [0.15, 0.2) is 11.4 Å². The van der Waals surface area contributed by atoms with Crippen molar-refractivity contribution in [1.82, 2.24) is 0 Å². The van der Waals surface area contributed by atoms with Crippen LogP contribution in [0.2, 0.25) is 0 Å². The third kappa shape index (κ3) is 2.15. The second-order valence-corrected chi connectivity index (χ2v) is 5.02. The van der Waals surface area contributed by atoms with Crippen LogP contribution in [-0.4, -0.2) is 17.8 Å². The van der Waals surface area contributed by atoms with Crippen molar-refractivity contribution in [2.24, 2.45) is 5.92 Å². The van der Waals surface area contributed by atoms with Crippen LogP contribution in [0.5, 0.6) is 0 Å². The molecule has 2 aromatic rings. The molecule has 0 saturated carbocycles. The van der Waals surface area contributed by atoms with Crippen molar-refractivity contribution < 1.29 is 18.7 Å². The molecule has 0 bridgehead atoms. The van der Waals surface area contributed by atoms with E-state index in [2.05, 4.69) is 0 Å². The molecule has 4 heteroatoms. The Hall–Kier alpha value is -1.39. The molecule has 0 aliphatic carbocycles. The monoisotopic (exact) mass is 264 g/mol. The highest BCUT2D eigenvalue weighted by Crippen LogP contribution is 2.37. The molecular formula is C15H17FO3. The van der Waals surface area contributed by atoms with Gasteiger partial charge in [0.05, 0.1) is 6.10 Å². The van der Waals surface area contributed by atoms with E-state index in [1.165, 1.54) is 6.07 Å². The molecule has 1 aromatic carbocycles. The third-order valence-corrected chi connectivity index (χ3v) is 3.88. The van der Waals surface area contributed by atoms with Gasteiger partial charge in [-0.15, -0.1) is 0 Å². The van der Waals surface area contributed by atoms with Crippen LogP contribution >= 0.6 is 0 Å². The molecule has 102 valence electrons. The van der Waals surface area contributed by atoms with Gasteiger partial charge < -0.3 is 14.3 Å². The Bertz CT molecular complexity index is 578. The predicted octanol–water partition coefficient (Wildman–Crippen LogP) is 3.42. The van der Waals surface area contributed by atoms with Crippen molar-refractivity contribution >= 4 is 11.0 Å². The van der Waals surface area contributed by atoms with Gasteiger partial charge in [-0.3, -0.25) is 0 Å². The molecule has 1 aromatic heterocycles. The average molecular weight is 264 g/mol. The Balaban J connectivity index is 1.93. The molecule has 1 saturated heterocycles. The maximum absolute atomic E-state index is 13.6. The Morgan fingerprint density at radius 1 is 1.47 bits per heavy atom. The molecule has 1 fully saturated rings. The lowest BCUT2D eigenvalue weighted by Gasteiger charge is -2.20. The normalized spacial score (nSPS) is 25.0. The maximum Gasteiger partial charge on any atom is 0.170 e. The van der Waals surface area contributed by atoms with Gasteiger partial charge in [-0.1, -0.05) is 19.1 Å². The summed E-state index contributed by atoms with van der Waals surface area (Å²) in [5.41, 5.74) is 0.212. The fraction of sp³-hybridized carbons (Fsp3) is 0.467. The molecular weight excluding hydrogens is 247 g/mol. The van der Waals surface area contributed by atoms with E-state index in [1.807, 2.05) is 6.92 Å². The van der Waals surface area contributed by atoms with Crippen LogP contribution < -0.4 is 0 Å². The Morgan fingerprint density at radius 3 is 3.05 bits per heavy atom. The number of ether oxygens (including phenoxy) is 1. The molecule has 2 heterocycles. The number of aliphatic hydroxyl groups is 1. The first-order valence-electron chi connectivity index (χ1n) is 6.68. The average Bonchev–Trinajstić information content (AvgIpc) is 3.04. The molecule has 3 rings (SSSR count). The van der Waals surface area contributed by atoms with Gasteiger partial charge in [0.2, 0.25) is 0 Å². The summed E-state index contributed by atoms with van der Waals surface area (Å²) in [6.07, 6.45) is 0.975. The standard InChI is InChI=1S/C15H17FO3/c1-2-12-10(6-7-18-12)14(17)13-8-9-4-3-5-11(16)15(9)19-13/h3-5,8,10,12,14,17H,2,6-7H2,1H3. The summed E-state index contributed by atoms with van der Waals surface area (Å²) in [5.74, 6) is 0.0494. The van der Waals surface area contributed by atoms with E-state index in [9.17, 15) is 9.50 Å². The molecule has 0 amide bonds. The topological polar surface area (TPSA) is 42.6 Å². The summed E-state index contributed by atoms with van der Waals surface area (Å²) < 4.78 is 24.6. The third-order valence-electron chi connectivity index (χ3n) is 3.88. The summed E-state index contributed by atoms with van der Waals surface area (Å²) in [7, 11) is 0. The Morgan fingerprint density at radius 2 is 2.32 bits per heavy atom. The number of aliphatic hydroxyl groups excluding tert-OH is 1. The first-order valence-corrected chi connectivity index (χ1v) is 6.68. The fourth-order valence-corrected chi connectivity index (χ4v) is 2.85. The van der Waals surface area contributed by atoms with Gasteiger partial charge in [0.25, 0.3) is 0 Å². The second kappa shape index (κ2) is 4.94. The summed E-state index contributed by atoms with van der Waals surface area (Å²) in [6.45, 7) is 2.70. The number of benzene rings is 1. The minimum absolute atomic E-state index is 0.0219.